The van der Waals surface area contributed by atoms with Crippen molar-refractivity contribution in [2.24, 2.45) is 0 Å². The van der Waals surface area contributed by atoms with Crippen LogP contribution in [0.4, 0.5) is 0 Å². The summed E-state index contributed by atoms with van der Waals surface area (Å²) in [6.45, 7) is 4.93. The third-order valence-corrected chi connectivity index (χ3v) is 2.84. The van der Waals surface area contributed by atoms with E-state index in [0.717, 1.165) is 17.5 Å². The molecule has 0 aliphatic heterocycles. The lowest BCUT2D eigenvalue weighted by Gasteiger charge is -2.07. The zero-order valence-corrected chi connectivity index (χ0v) is 10.2. The van der Waals surface area contributed by atoms with E-state index in [0.29, 0.717) is 23.5 Å². The van der Waals surface area contributed by atoms with E-state index in [1.807, 2.05) is 12.1 Å². The zero-order chi connectivity index (χ0) is 11.5. The van der Waals surface area contributed by atoms with Gasteiger partial charge >= 0.3 is 0 Å². The molecule has 1 unspecified atom stereocenters. The van der Waals surface area contributed by atoms with Crippen LogP contribution in [0.5, 0.6) is 0 Å². The molecule has 0 aliphatic rings. The Hall–Kier alpha value is -1.06. The molecule has 0 amide bonds. The van der Waals surface area contributed by atoms with Gasteiger partial charge in [0.1, 0.15) is 5.52 Å². The van der Waals surface area contributed by atoms with Crippen molar-refractivity contribution in [3.05, 3.63) is 29.1 Å². The molecule has 2 aromatic rings. The molecular formula is C12H15ClN2O. The lowest BCUT2D eigenvalue weighted by molar-refractivity contribution is 0.455. The molecule has 0 radical (unpaired) electrons. The Balaban J connectivity index is 2.13. The largest absolute Gasteiger partial charge is 0.439 e. The molecule has 0 saturated heterocycles. The van der Waals surface area contributed by atoms with Crippen LogP contribution in [0, 0.1) is 0 Å². The van der Waals surface area contributed by atoms with Gasteiger partial charge in [0.25, 0.3) is 0 Å². The van der Waals surface area contributed by atoms with Gasteiger partial charge in [-0.3, -0.25) is 0 Å². The maximum atomic E-state index is 5.88. The van der Waals surface area contributed by atoms with Crippen LogP contribution < -0.4 is 5.32 Å². The number of oxazole rings is 1. The molecule has 0 fully saturated rings. The van der Waals surface area contributed by atoms with Crippen LogP contribution >= 0.6 is 11.6 Å². The Labute approximate surface area is 99.8 Å². The van der Waals surface area contributed by atoms with Crippen LogP contribution in [0.15, 0.2) is 22.6 Å². The molecule has 0 spiro atoms. The van der Waals surface area contributed by atoms with E-state index in [1.165, 1.54) is 0 Å². The summed E-state index contributed by atoms with van der Waals surface area (Å²) in [7, 11) is 0. The third kappa shape index (κ3) is 2.54. The topological polar surface area (TPSA) is 38.1 Å². The first-order valence-corrected chi connectivity index (χ1v) is 5.85. The molecule has 1 aromatic carbocycles. The second kappa shape index (κ2) is 4.85. The van der Waals surface area contributed by atoms with E-state index < -0.39 is 0 Å². The van der Waals surface area contributed by atoms with Gasteiger partial charge in [-0.15, -0.1) is 0 Å². The van der Waals surface area contributed by atoms with Gasteiger partial charge in [-0.25, -0.2) is 4.98 Å². The Morgan fingerprint density at radius 3 is 3.06 bits per heavy atom. The van der Waals surface area contributed by atoms with Crippen LogP contribution in [0.3, 0.4) is 0 Å². The van der Waals surface area contributed by atoms with Crippen LogP contribution in [-0.2, 0) is 6.54 Å². The SMILES string of the molecule is CCC(C)NCc1nc2cc(Cl)ccc2o1. The fourth-order valence-corrected chi connectivity index (χ4v) is 1.60. The standard InChI is InChI=1S/C12H15ClN2O/c1-3-8(2)14-7-12-15-10-6-9(13)4-5-11(10)16-12/h4-6,8,14H,3,7H2,1-2H3. The monoisotopic (exact) mass is 238 g/mol. The quantitative estimate of drug-likeness (QED) is 0.888. The number of hydrogen-bond donors (Lipinski definition) is 1. The second-order valence-electron chi connectivity index (χ2n) is 3.91. The first kappa shape index (κ1) is 11.4. The lowest BCUT2D eigenvalue weighted by Crippen LogP contribution is -2.24. The maximum Gasteiger partial charge on any atom is 0.209 e. The summed E-state index contributed by atoms with van der Waals surface area (Å²) in [5, 5.41) is 4.02. The van der Waals surface area contributed by atoms with Crippen molar-refractivity contribution >= 4 is 22.7 Å². The number of hydrogen-bond acceptors (Lipinski definition) is 3. The van der Waals surface area contributed by atoms with Crippen LogP contribution in [-0.4, -0.2) is 11.0 Å². The Bertz CT molecular complexity index is 481. The van der Waals surface area contributed by atoms with Gasteiger partial charge in [0.2, 0.25) is 5.89 Å². The van der Waals surface area contributed by atoms with Gasteiger partial charge in [-0.2, -0.15) is 0 Å². The summed E-state index contributed by atoms with van der Waals surface area (Å²) < 4.78 is 5.59. The third-order valence-electron chi connectivity index (χ3n) is 2.61. The lowest BCUT2D eigenvalue weighted by atomic mass is 10.3. The molecule has 3 nitrogen and oxygen atoms in total. The summed E-state index contributed by atoms with van der Waals surface area (Å²) in [6.07, 6.45) is 1.09. The average Bonchev–Trinajstić information content (AvgIpc) is 2.67. The molecule has 0 saturated carbocycles. The van der Waals surface area contributed by atoms with Crippen LogP contribution in [0.2, 0.25) is 5.02 Å². The molecule has 1 heterocycles. The first-order valence-electron chi connectivity index (χ1n) is 5.47. The molecule has 1 aromatic heterocycles. The van der Waals surface area contributed by atoms with E-state index in [1.54, 1.807) is 6.07 Å². The van der Waals surface area contributed by atoms with Gasteiger partial charge in [-0.1, -0.05) is 18.5 Å². The molecular weight excluding hydrogens is 224 g/mol. The van der Waals surface area contributed by atoms with E-state index in [-0.39, 0.29) is 0 Å². The number of rotatable bonds is 4. The Kier molecular flexibility index (Phi) is 3.46. The first-order chi connectivity index (χ1) is 7.69. The van der Waals surface area contributed by atoms with E-state index >= 15 is 0 Å². The van der Waals surface area contributed by atoms with Crippen molar-refractivity contribution < 1.29 is 4.42 Å². The van der Waals surface area contributed by atoms with Crippen LogP contribution in [0.25, 0.3) is 11.1 Å². The number of fused-ring (bicyclic) bond motifs is 1. The second-order valence-corrected chi connectivity index (χ2v) is 4.35. The highest BCUT2D eigenvalue weighted by Crippen LogP contribution is 2.19. The van der Waals surface area contributed by atoms with Crippen molar-refractivity contribution in [1.82, 2.24) is 10.3 Å². The summed E-state index contributed by atoms with van der Waals surface area (Å²) in [5.74, 6) is 0.706. The van der Waals surface area contributed by atoms with Gasteiger partial charge in [0.15, 0.2) is 5.58 Å². The number of benzene rings is 1. The Morgan fingerprint density at radius 1 is 1.50 bits per heavy atom. The molecule has 16 heavy (non-hydrogen) atoms. The summed E-state index contributed by atoms with van der Waals surface area (Å²) in [5.41, 5.74) is 1.60. The summed E-state index contributed by atoms with van der Waals surface area (Å²) in [4.78, 5) is 4.37. The average molecular weight is 239 g/mol. The number of halogens is 1. The van der Waals surface area contributed by atoms with Gasteiger partial charge in [0.05, 0.1) is 6.54 Å². The minimum absolute atomic E-state index is 0.471. The highest BCUT2D eigenvalue weighted by atomic mass is 35.5. The predicted octanol–water partition coefficient (Wildman–Crippen LogP) is 3.37. The van der Waals surface area contributed by atoms with Crippen molar-refractivity contribution in [2.75, 3.05) is 0 Å². The summed E-state index contributed by atoms with van der Waals surface area (Å²) >= 11 is 5.88. The number of nitrogens with one attached hydrogen (secondary N) is 1. The summed E-state index contributed by atoms with van der Waals surface area (Å²) in [6, 6.07) is 5.93. The number of aromatic nitrogens is 1. The van der Waals surface area contributed by atoms with Gasteiger partial charge < -0.3 is 9.73 Å². The minimum Gasteiger partial charge on any atom is -0.439 e. The molecule has 0 aliphatic carbocycles. The van der Waals surface area contributed by atoms with Crippen LogP contribution in [0.1, 0.15) is 26.2 Å². The fraction of sp³-hybridized carbons (Fsp3) is 0.417. The van der Waals surface area contributed by atoms with E-state index in [4.69, 9.17) is 16.0 Å². The highest BCUT2D eigenvalue weighted by Gasteiger charge is 2.06. The fourth-order valence-electron chi connectivity index (χ4n) is 1.43. The predicted molar refractivity (Wildman–Crippen MR) is 65.6 cm³/mol. The highest BCUT2D eigenvalue weighted by molar-refractivity contribution is 6.31. The molecule has 2 rings (SSSR count). The van der Waals surface area contributed by atoms with Crippen molar-refractivity contribution in [3.8, 4) is 0 Å². The Morgan fingerprint density at radius 2 is 2.31 bits per heavy atom. The maximum absolute atomic E-state index is 5.88. The smallest absolute Gasteiger partial charge is 0.209 e. The van der Waals surface area contributed by atoms with Crippen molar-refractivity contribution in [1.29, 1.82) is 0 Å². The zero-order valence-electron chi connectivity index (χ0n) is 9.46. The van der Waals surface area contributed by atoms with Crippen molar-refractivity contribution in [3.63, 3.8) is 0 Å². The molecule has 1 N–H and O–H groups in total. The molecule has 1 atom stereocenters. The van der Waals surface area contributed by atoms with Gasteiger partial charge in [0, 0.05) is 11.1 Å². The number of nitrogens with zero attached hydrogens (tertiary/aromatic N) is 1. The van der Waals surface area contributed by atoms with E-state index in [9.17, 15) is 0 Å². The minimum atomic E-state index is 0.471. The van der Waals surface area contributed by atoms with E-state index in [2.05, 4.69) is 24.1 Å². The molecule has 4 heteroatoms. The molecule has 86 valence electrons. The van der Waals surface area contributed by atoms with Crippen molar-refractivity contribution in [2.45, 2.75) is 32.9 Å². The normalized spacial score (nSPS) is 13.2. The molecule has 0 bridgehead atoms. The van der Waals surface area contributed by atoms with Gasteiger partial charge in [-0.05, 0) is 31.5 Å².